The van der Waals surface area contributed by atoms with Crippen LogP contribution in [-0.4, -0.2) is 11.7 Å². The van der Waals surface area contributed by atoms with Crippen LogP contribution < -0.4 is 5.73 Å². The summed E-state index contributed by atoms with van der Waals surface area (Å²) in [6.07, 6.45) is 0. The fourth-order valence-corrected chi connectivity index (χ4v) is 1.31. The lowest BCUT2D eigenvalue weighted by molar-refractivity contribution is 0.210. The average Bonchev–Trinajstić information content (AvgIpc) is 2.18. The van der Waals surface area contributed by atoms with E-state index in [0.29, 0.717) is 11.1 Å². The van der Waals surface area contributed by atoms with Crippen LogP contribution >= 0.6 is 0 Å². The number of hydrogen-bond acceptors (Lipinski definition) is 3. The monoisotopic (exact) mass is 190 g/mol. The van der Waals surface area contributed by atoms with Gasteiger partial charge in [-0.1, -0.05) is 17.7 Å². The SMILES string of the molecule is Cc1ccc(C#N)c(C(C)(N)CO)c1. The Hall–Kier alpha value is -1.37. The third-order valence-electron chi connectivity index (χ3n) is 2.24. The summed E-state index contributed by atoms with van der Waals surface area (Å²) in [4.78, 5) is 0. The summed E-state index contributed by atoms with van der Waals surface area (Å²) in [5.74, 6) is 0. The Balaban J connectivity index is 3.32. The van der Waals surface area contributed by atoms with Gasteiger partial charge in [0.15, 0.2) is 0 Å². The predicted octanol–water partition coefficient (Wildman–Crippen LogP) is 1.03. The van der Waals surface area contributed by atoms with E-state index in [9.17, 15) is 0 Å². The van der Waals surface area contributed by atoms with E-state index in [4.69, 9.17) is 16.1 Å². The van der Waals surface area contributed by atoms with Crippen molar-refractivity contribution < 1.29 is 5.11 Å². The summed E-state index contributed by atoms with van der Waals surface area (Å²) in [5.41, 5.74) is 7.28. The number of nitrogens with zero attached hydrogens (tertiary/aromatic N) is 1. The third-order valence-corrected chi connectivity index (χ3v) is 2.24. The zero-order valence-electron chi connectivity index (χ0n) is 8.41. The van der Waals surface area contributed by atoms with Crippen molar-refractivity contribution in [3.63, 3.8) is 0 Å². The van der Waals surface area contributed by atoms with Crippen LogP contribution in [0.3, 0.4) is 0 Å². The minimum absolute atomic E-state index is 0.175. The Kier molecular flexibility index (Phi) is 2.90. The molecule has 1 atom stereocenters. The Morgan fingerprint density at radius 1 is 1.57 bits per heavy atom. The van der Waals surface area contributed by atoms with Crippen LogP contribution in [-0.2, 0) is 5.54 Å². The van der Waals surface area contributed by atoms with E-state index in [0.717, 1.165) is 5.56 Å². The van der Waals surface area contributed by atoms with Crippen molar-refractivity contribution >= 4 is 0 Å². The molecule has 0 aromatic heterocycles. The first-order valence-electron chi connectivity index (χ1n) is 4.42. The zero-order chi connectivity index (χ0) is 10.8. The van der Waals surface area contributed by atoms with Crippen molar-refractivity contribution in [1.29, 1.82) is 5.26 Å². The second kappa shape index (κ2) is 3.79. The van der Waals surface area contributed by atoms with Gasteiger partial charge in [-0.25, -0.2) is 0 Å². The maximum absolute atomic E-state index is 9.12. The molecule has 0 aliphatic rings. The third kappa shape index (κ3) is 1.92. The normalized spacial score (nSPS) is 14.5. The standard InChI is InChI=1S/C11H14N2O/c1-8-3-4-9(6-12)10(5-8)11(2,13)7-14/h3-5,14H,7,13H2,1-2H3. The second-order valence-electron chi connectivity index (χ2n) is 3.74. The molecule has 0 aliphatic heterocycles. The largest absolute Gasteiger partial charge is 0.394 e. The van der Waals surface area contributed by atoms with Crippen molar-refractivity contribution in [2.75, 3.05) is 6.61 Å². The van der Waals surface area contributed by atoms with Crippen LogP contribution in [0.2, 0.25) is 0 Å². The lowest BCUT2D eigenvalue weighted by Crippen LogP contribution is -2.37. The highest BCUT2D eigenvalue weighted by atomic mass is 16.3. The summed E-state index contributed by atoms with van der Waals surface area (Å²) in [6, 6.07) is 7.50. The van der Waals surface area contributed by atoms with E-state index < -0.39 is 5.54 Å². The molecule has 3 heteroatoms. The molecule has 1 aromatic carbocycles. The lowest BCUT2D eigenvalue weighted by atomic mass is 9.89. The summed E-state index contributed by atoms with van der Waals surface area (Å²) in [7, 11) is 0. The summed E-state index contributed by atoms with van der Waals surface area (Å²) in [5, 5.41) is 18.0. The van der Waals surface area contributed by atoms with Gasteiger partial charge in [0.1, 0.15) is 0 Å². The van der Waals surface area contributed by atoms with E-state index in [1.165, 1.54) is 0 Å². The molecule has 1 rings (SSSR count). The van der Waals surface area contributed by atoms with E-state index in [-0.39, 0.29) is 6.61 Å². The highest BCUT2D eigenvalue weighted by Gasteiger charge is 2.23. The number of aliphatic hydroxyl groups is 1. The molecule has 3 N–H and O–H groups in total. The number of aryl methyl sites for hydroxylation is 1. The Morgan fingerprint density at radius 2 is 2.21 bits per heavy atom. The Labute approximate surface area is 83.8 Å². The highest BCUT2D eigenvalue weighted by Crippen LogP contribution is 2.22. The maximum Gasteiger partial charge on any atom is 0.0995 e. The van der Waals surface area contributed by atoms with Gasteiger partial charge in [-0.3, -0.25) is 0 Å². The molecule has 1 unspecified atom stereocenters. The Bertz CT molecular complexity index is 377. The number of aliphatic hydroxyl groups excluding tert-OH is 1. The van der Waals surface area contributed by atoms with Gasteiger partial charge in [0.2, 0.25) is 0 Å². The number of rotatable bonds is 2. The van der Waals surface area contributed by atoms with E-state index in [2.05, 4.69) is 6.07 Å². The van der Waals surface area contributed by atoms with Crippen LogP contribution in [0.4, 0.5) is 0 Å². The van der Waals surface area contributed by atoms with Crippen molar-refractivity contribution in [3.05, 3.63) is 34.9 Å². The molecule has 0 saturated heterocycles. The molecule has 0 amide bonds. The van der Waals surface area contributed by atoms with Crippen molar-refractivity contribution in [1.82, 2.24) is 0 Å². The number of nitriles is 1. The van der Waals surface area contributed by atoms with Gasteiger partial charge in [-0.15, -0.1) is 0 Å². The van der Waals surface area contributed by atoms with Crippen LogP contribution in [0.15, 0.2) is 18.2 Å². The molecule has 14 heavy (non-hydrogen) atoms. The molecule has 74 valence electrons. The van der Waals surface area contributed by atoms with Crippen LogP contribution in [0.5, 0.6) is 0 Å². The summed E-state index contributed by atoms with van der Waals surface area (Å²) < 4.78 is 0. The van der Waals surface area contributed by atoms with Crippen molar-refractivity contribution in [2.24, 2.45) is 5.73 Å². The van der Waals surface area contributed by atoms with E-state index >= 15 is 0 Å². The van der Waals surface area contributed by atoms with Gasteiger partial charge in [0.05, 0.1) is 23.8 Å². The molecule has 0 fully saturated rings. The number of nitrogens with two attached hydrogens (primary N) is 1. The van der Waals surface area contributed by atoms with Gasteiger partial charge in [0.25, 0.3) is 0 Å². The highest BCUT2D eigenvalue weighted by molar-refractivity contribution is 5.43. The molecule has 0 heterocycles. The maximum atomic E-state index is 9.12. The quantitative estimate of drug-likeness (QED) is 0.731. The van der Waals surface area contributed by atoms with Crippen LogP contribution in [0.1, 0.15) is 23.6 Å². The van der Waals surface area contributed by atoms with E-state index in [1.54, 1.807) is 13.0 Å². The summed E-state index contributed by atoms with van der Waals surface area (Å²) >= 11 is 0. The van der Waals surface area contributed by atoms with Crippen LogP contribution in [0.25, 0.3) is 0 Å². The zero-order valence-corrected chi connectivity index (χ0v) is 8.41. The molecular weight excluding hydrogens is 176 g/mol. The first-order valence-corrected chi connectivity index (χ1v) is 4.42. The lowest BCUT2D eigenvalue weighted by Gasteiger charge is -2.23. The molecule has 0 aliphatic carbocycles. The fraction of sp³-hybridized carbons (Fsp3) is 0.364. The smallest absolute Gasteiger partial charge is 0.0995 e. The van der Waals surface area contributed by atoms with Crippen LogP contribution in [0, 0.1) is 18.3 Å². The average molecular weight is 190 g/mol. The van der Waals surface area contributed by atoms with Gasteiger partial charge in [0, 0.05) is 0 Å². The minimum Gasteiger partial charge on any atom is -0.394 e. The molecule has 3 nitrogen and oxygen atoms in total. The predicted molar refractivity (Wildman–Crippen MR) is 54.5 cm³/mol. The van der Waals surface area contributed by atoms with Gasteiger partial charge in [-0.05, 0) is 25.5 Å². The summed E-state index contributed by atoms with van der Waals surface area (Å²) in [6.45, 7) is 3.46. The molecular formula is C11H14N2O. The number of hydrogen-bond donors (Lipinski definition) is 2. The van der Waals surface area contributed by atoms with E-state index in [1.807, 2.05) is 19.1 Å². The molecule has 0 radical (unpaired) electrons. The van der Waals surface area contributed by atoms with Gasteiger partial charge in [-0.2, -0.15) is 5.26 Å². The first-order chi connectivity index (χ1) is 6.51. The molecule has 0 spiro atoms. The van der Waals surface area contributed by atoms with Crippen molar-refractivity contribution in [2.45, 2.75) is 19.4 Å². The van der Waals surface area contributed by atoms with Crippen molar-refractivity contribution in [3.8, 4) is 6.07 Å². The fourth-order valence-electron chi connectivity index (χ4n) is 1.31. The Morgan fingerprint density at radius 3 is 2.71 bits per heavy atom. The van der Waals surface area contributed by atoms with Gasteiger partial charge < -0.3 is 10.8 Å². The number of benzene rings is 1. The van der Waals surface area contributed by atoms with Gasteiger partial charge >= 0.3 is 0 Å². The molecule has 0 saturated carbocycles. The molecule has 1 aromatic rings. The second-order valence-corrected chi connectivity index (χ2v) is 3.74. The molecule has 0 bridgehead atoms. The minimum atomic E-state index is -0.850. The topological polar surface area (TPSA) is 70.0 Å². The first kappa shape index (κ1) is 10.7.